The third-order valence-electron chi connectivity index (χ3n) is 2.55. The SMILES string of the molecule is CC(C)n1ccc(NC(=O)c2cc(Br)ccc2I)n1. The van der Waals surface area contributed by atoms with Gasteiger partial charge in [-0.1, -0.05) is 15.9 Å². The minimum atomic E-state index is -0.153. The van der Waals surface area contributed by atoms with Crippen LogP contribution in [0.3, 0.4) is 0 Å². The van der Waals surface area contributed by atoms with Gasteiger partial charge in [-0.05, 0) is 54.6 Å². The van der Waals surface area contributed by atoms with Gasteiger partial charge in [0.15, 0.2) is 5.82 Å². The maximum atomic E-state index is 12.2. The maximum absolute atomic E-state index is 12.2. The normalized spacial score (nSPS) is 10.8. The Balaban J connectivity index is 2.18. The van der Waals surface area contributed by atoms with E-state index in [1.807, 2.05) is 36.9 Å². The molecule has 0 aliphatic rings. The minimum absolute atomic E-state index is 0.153. The zero-order valence-corrected chi connectivity index (χ0v) is 14.3. The fraction of sp³-hybridized carbons (Fsp3) is 0.231. The number of aromatic nitrogens is 2. The number of amides is 1. The second-order valence-electron chi connectivity index (χ2n) is 4.35. The standard InChI is InChI=1S/C13H13BrIN3O/c1-8(2)18-6-5-12(17-18)16-13(19)10-7-9(14)3-4-11(10)15/h3-8H,1-2H3,(H,16,17,19). The molecular formula is C13H13BrIN3O. The first-order chi connectivity index (χ1) is 8.97. The zero-order chi connectivity index (χ0) is 14.0. The van der Waals surface area contributed by atoms with E-state index in [4.69, 9.17) is 0 Å². The van der Waals surface area contributed by atoms with Crippen molar-refractivity contribution in [2.24, 2.45) is 0 Å². The predicted molar refractivity (Wildman–Crippen MR) is 87.4 cm³/mol. The lowest BCUT2D eigenvalue weighted by Crippen LogP contribution is -2.14. The van der Waals surface area contributed by atoms with Gasteiger partial charge in [0.25, 0.3) is 5.91 Å². The molecule has 1 aromatic heterocycles. The molecule has 19 heavy (non-hydrogen) atoms. The van der Waals surface area contributed by atoms with E-state index in [0.29, 0.717) is 11.4 Å². The average Bonchev–Trinajstić information content (AvgIpc) is 2.80. The molecule has 2 rings (SSSR count). The number of nitrogens with zero attached hydrogens (tertiary/aromatic N) is 2. The first kappa shape index (κ1) is 14.5. The summed E-state index contributed by atoms with van der Waals surface area (Å²) < 4.78 is 3.59. The predicted octanol–water partition coefficient (Wildman–Crippen LogP) is 4.08. The number of carbonyl (C=O) groups excluding carboxylic acids is 1. The van der Waals surface area contributed by atoms with E-state index in [1.165, 1.54) is 0 Å². The third kappa shape index (κ3) is 3.56. The summed E-state index contributed by atoms with van der Waals surface area (Å²) in [6, 6.07) is 7.68. The number of hydrogen-bond acceptors (Lipinski definition) is 2. The Morgan fingerprint density at radius 2 is 2.16 bits per heavy atom. The molecule has 1 heterocycles. The maximum Gasteiger partial charge on any atom is 0.257 e. The summed E-state index contributed by atoms with van der Waals surface area (Å²) >= 11 is 5.51. The summed E-state index contributed by atoms with van der Waals surface area (Å²) in [6.45, 7) is 4.08. The van der Waals surface area contributed by atoms with Gasteiger partial charge in [-0.3, -0.25) is 9.48 Å². The highest BCUT2D eigenvalue weighted by atomic mass is 127. The summed E-state index contributed by atoms with van der Waals surface area (Å²) in [4.78, 5) is 12.2. The van der Waals surface area contributed by atoms with Crippen molar-refractivity contribution in [3.8, 4) is 0 Å². The van der Waals surface area contributed by atoms with Crippen molar-refractivity contribution in [2.75, 3.05) is 5.32 Å². The summed E-state index contributed by atoms with van der Waals surface area (Å²) in [7, 11) is 0. The molecule has 0 aliphatic carbocycles. The van der Waals surface area contributed by atoms with E-state index >= 15 is 0 Å². The lowest BCUT2D eigenvalue weighted by atomic mass is 10.2. The average molecular weight is 434 g/mol. The summed E-state index contributed by atoms with van der Waals surface area (Å²) in [6.07, 6.45) is 1.85. The van der Waals surface area contributed by atoms with Crippen LogP contribution in [0.2, 0.25) is 0 Å². The van der Waals surface area contributed by atoms with Crippen LogP contribution in [0.25, 0.3) is 0 Å². The van der Waals surface area contributed by atoms with Crippen molar-refractivity contribution in [1.29, 1.82) is 0 Å². The Bertz CT molecular complexity index is 610. The zero-order valence-electron chi connectivity index (χ0n) is 10.5. The highest BCUT2D eigenvalue weighted by molar-refractivity contribution is 14.1. The highest BCUT2D eigenvalue weighted by Crippen LogP contribution is 2.19. The molecule has 0 saturated heterocycles. The number of hydrogen-bond donors (Lipinski definition) is 1. The fourth-order valence-electron chi connectivity index (χ4n) is 1.55. The van der Waals surface area contributed by atoms with Crippen molar-refractivity contribution < 1.29 is 4.79 Å². The van der Waals surface area contributed by atoms with Crippen LogP contribution in [-0.2, 0) is 0 Å². The Morgan fingerprint density at radius 1 is 1.42 bits per heavy atom. The topological polar surface area (TPSA) is 46.9 Å². The molecule has 0 spiro atoms. The third-order valence-corrected chi connectivity index (χ3v) is 3.99. The van der Waals surface area contributed by atoms with Crippen LogP contribution in [0.15, 0.2) is 34.9 Å². The lowest BCUT2D eigenvalue weighted by molar-refractivity contribution is 0.102. The van der Waals surface area contributed by atoms with Gasteiger partial charge >= 0.3 is 0 Å². The van der Waals surface area contributed by atoms with Crippen LogP contribution >= 0.6 is 38.5 Å². The number of halogens is 2. The van der Waals surface area contributed by atoms with E-state index in [2.05, 4.69) is 48.9 Å². The van der Waals surface area contributed by atoms with Crippen LogP contribution in [0, 0.1) is 3.57 Å². The number of rotatable bonds is 3. The second kappa shape index (κ2) is 6.04. The van der Waals surface area contributed by atoms with Crippen molar-refractivity contribution in [1.82, 2.24) is 9.78 Å². The van der Waals surface area contributed by atoms with Crippen LogP contribution in [0.1, 0.15) is 30.2 Å². The molecular weight excluding hydrogens is 421 g/mol. The molecule has 0 aliphatic heterocycles. The van der Waals surface area contributed by atoms with Crippen LogP contribution in [-0.4, -0.2) is 15.7 Å². The van der Waals surface area contributed by atoms with E-state index < -0.39 is 0 Å². The van der Waals surface area contributed by atoms with Crippen molar-refractivity contribution in [3.05, 3.63) is 44.1 Å². The fourth-order valence-corrected chi connectivity index (χ4v) is 2.49. The van der Waals surface area contributed by atoms with E-state index in [1.54, 1.807) is 12.1 Å². The van der Waals surface area contributed by atoms with Crippen molar-refractivity contribution in [2.45, 2.75) is 19.9 Å². The quantitative estimate of drug-likeness (QED) is 0.741. The summed E-state index contributed by atoms with van der Waals surface area (Å²) in [5, 5.41) is 7.10. The van der Waals surface area contributed by atoms with Crippen LogP contribution in [0.5, 0.6) is 0 Å². The minimum Gasteiger partial charge on any atom is -0.305 e. The second-order valence-corrected chi connectivity index (χ2v) is 6.43. The molecule has 0 bridgehead atoms. The smallest absolute Gasteiger partial charge is 0.257 e. The molecule has 2 aromatic rings. The molecule has 1 N–H and O–H groups in total. The van der Waals surface area contributed by atoms with Gasteiger partial charge in [0.05, 0.1) is 5.56 Å². The Kier molecular flexibility index (Phi) is 4.62. The number of nitrogens with one attached hydrogen (secondary N) is 1. The molecule has 4 nitrogen and oxygen atoms in total. The van der Waals surface area contributed by atoms with E-state index in [-0.39, 0.29) is 11.9 Å². The number of benzene rings is 1. The molecule has 1 aromatic carbocycles. The molecule has 0 saturated carbocycles. The molecule has 0 fully saturated rings. The molecule has 1 amide bonds. The van der Waals surface area contributed by atoms with Crippen LogP contribution in [0.4, 0.5) is 5.82 Å². The molecule has 100 valence electrons. The van der Waals surface area contributed by atoms with Gasteiger partial charge in [-0.15, -0.1) is 0 Å². The van der Waals surface area contributed by atoms with Gasteiger partial charge in [-0.2, -0.15) is 5.10 Å². The van der Waals surface area contributed by atoms with E-state index in [0.717, 1.165) is 8.04 Å². The first-order valence-corrected chi connectivity index (χ1v) is 7.66. The Morgan fingerprint density at radius 3 is 2.79 bits per heavy atom. The van der Waals surface area contributed by atoms with Gasteiger partial charge in [0.1, 0.15) is 0 Å². The Hall–Kier alpha value is -0.890. The first-order valence-electron chi connectivity index (χ1n) is 5.79. The van der Waals surface area contributed by atoms with Gasteiger partial charge in [-0.25, -0.2) is 0 Å². The number of carbonyl (C=O) groups is 1. The summed E-state index contributed by atoms with van der Waals surface area (Å²) in [5.74, 6) is 0.411. The highest BCUT2D eigenvalue weighted by Gasteiger charge is 2.12. The molecule has 6 heteroatoms. The van der Waals surface area contributed by atoms with Crippen LogP contribution < -0.4 is 5.32 Å². The Labute approximate surface area is 133 Å². The largest absolute Gasteiger partial charge is 0.305 e. The van der Waals surface area contributed by atoms with Gasteiger partial charge in [0.2, 0.25) is 0 Å². The monoisotopic (exact) mass is 433 g/mol. The van der Waals surface area contributed by atoms with Crippen molar-refractivity contribution in [3.63, 3.8) is 0 Å². The lowest BCUT2D eigenvalue weighted by Gasteiger charge is -2.06. The molecule has 0 atom stereocenters. The van der Waals surface area contributed by atoms with Crippen molar-refractivity contribution >= 4 is 50.2 Å². The number of anilines is 1. The van der Waals surface area contributed by atoms with Gasteiger partial charge in [0, 0.05) is 26.3 Å². The summed E-state index contributed by atoms with van der Waals surface area (Å²) in [5.41, 5.74) is 0.633. The molecule has 0 unspecified atom stereocenters. The molecule has 0 radical (unpaired) electrons. The van der Waals surface area contributed by atoms with E-state index in [9.17, 15) is 4.79 Å². The van der Waals surface area contributed by atoms with Gasteiger partial charge < -0.3 is 5.32 Å².